The molecule has 1 aromatic heterocycles. The molecule has 0 aliphatic rings. The fraction of sp³-hybridized carbons (Fsp3) is 0.357. The average molecular weight is 461 g/mol. The summed E-state index contributed by atoms with van der Waals surface area (Å²) in [6, 6.07) is 20.9. The number of hydrogen-bond acceptors (Lipinski definition) is 5. The van der Waals surface area contributed by atoms with E-state index in [0.717, 1.165) is 70.8 Å². The highest BCUT2D eigenvalue weighted by molar-refractivity contribution is 7.00. The van der Waals surface area contributed by atoms with Gasteiger partial charge in [-0.05, 0) is 48.2 Å². The van der Waals surface area contributed by atoms with Crippen LogP contribution in [0.4, 0.5) is 0 Å². The number of ether oxygens (including phenoxy) is 2. The van der Waals surface area contributed by atoms with E-state index in [1.54, 1.807) is 0 Å². The number of aromatic nitrogens is 2. The van der Waals surface area contributed by atoms with Gasteiger partial charge >= 0.3 is 0 Å². The normalized spacial score (nSPS) is 11.1. The van der Waals surface area contributed by atoms with E-state index in [4.69, 9.17) is 9.47 Å². The van der Waals surface area contributed by atoms with Crippen molar-refractivity contribution in [3.05, 3.63) is 60.7 Å². The van der Waals surface area contributed by atoms with Crippen molar-refractivity contribution in [3.8, 4) is 33.8 Å². The molecule has 172 valence electrons. The molecule has 0 amide bonds. The van der Waals surface area contributed by atoms with Crippen LogP contribution < -0.4 is 9.47 Å². The van der Waals surface area contributed by atoms with Crippen molar-refractivity contribution >= 4 is 22.8 Å². The van der Waals surface area contributed by atoms with Gasteiger partial charge in [-0.2, -0.15) is 8.75 Å². The molecular formula is C28H32N2O2S. The molecule has 5 heteroatoms. The SMILES string of the molecule is CCCCCOc1ccc(-c2ccc(-c3ccc(OCCCCC)cc3)c3nsnc23)cc1. The molecule has 0 saturated heterocycles. The molecule has 4 nitrogen and oxygen atoms in total. The van der Waals surface area contributed by atoms with Gasteiger partial charge in [-0.15, -0.1) is 0 Å². The van der Waals surface area contributed by atoms with E-state index in [-0.39, 0.29) is 0 Å². The Balaban J connectivity index is 1.50. The van der Waals surface area contributed by atoms with E-state index >= 15 is 0 Å². The first-order valence-electron chi connectivity index (χ1n) is 12.0. The van der Waals surface area contributed by atoms with Gasteiger partial charge in [0, 0.05) is 11.1 Å². The summed E-state index contributed by atoms with van der Waals surface area (Å²) in [6.07, 6.45) is 7.00. The molecule has 0 aliphatic heterocycles. The molecule has 0 unspecified atom stereocenters. The van der Waals surface area contributed by atoms with Crippen LogP contribution in [0.3, 0.4) is 0 Å². The fourth-order valence-corrected chi connectivity index (χ4v) is 4.45. The summed E-state index contributed by atoms with van der Waals surface area (Å²) in [6.45, 7) is 5.94. The summed E-state index contributed by atoms with van der Waals surface area (Å²) < 4.78 is 21.0. The van der Waals surface area contributed by atoms with Crippen LogP contribution in [0.1, 0.15) is 52.4 Å². The third kappa shape index (κ3) is 5.91. The summed E-state index contributed by atoms with van der Waals surface area (Å²) in [4.78, 5) is 0. The predicted octanol–water partition coefficient (Wildman–Crippen LogP) is 8.16. The molecule has 0 radical (unpaired) electrons. The Morgan fingerprint density at radius 2 is 1.00 bits per heavy atom. The van der Waals surface area contributed by atoms with Gasteiger partial charge in [-0.3, -0.25) is 0 Å². The van der Waals surface area contributed by atoms with Crippen LogP contribution in [0.2, 0.25) is 0 Å². The van der Waals surface area contributed by atoms with Crippen LogP contribution in [-0.2, 0) is 0 Å². The second-order valence-electron chi connectivity index (χ2n) is 8.28. The standard InChI is InChI=1S/C28H32N2O2S/c1-3-5-7-19-31-23-13-9-21(10-14-23)25-17-18-26(28-27(25)29-33-30-28)22-11-15-24(16-12-22)32-20-8-6-4-2/h9-18H,3-8,19-20H2,1-2H3. The van der Waals surface area contributed by atoms with E-state index in [1.165, 1.54) is 37.4 Å². The molecule has 0 N–H and O–H groups in total. The van der Waals surface area contributed by atoms with Gasteiger partial charge in [0.05, 0.1) is 24.9 Å². The number of fused-ring (bicyclic) bond motifs is 1. The van der Waals surface area contributed by atoms with Crippen LogP contribution in [0, 0.1) is 0 Å². The van der Waals surface area contributed by atoms with Crippen LogP contribution in [0.15, 0.2) is 60.7 Å². The highest BCUT2D eigenvalue weighted by Gasteiger charge is 2.13. The second-order valence-corrected chi connectivity index (χ2v) is 8.81. The fourth-order valence-electron chi connectivity index (χ4n) is 3.88. The molecule has 0 fully saturated rings. The Bertz CT molecular complexity index is 1050. The average Bonchev–Trinajstić information content (AvgIpc) is 3.35. The van der Waals surface area contributed by atoms with E-state index in [9.17, 15) is 0 Å². The van der Waals surface area contributed by atoms with Gasteiger partial charge in [-0.25, -0.2) is 0 Å². The number of benzene rings is 3. The quantitative estimate of drug-likeness (QED) is 0.200. The minimum Gasteiger partial charge on any atom is -0.494 e. The first-order valence-corrected chi connectivity index (χ1v) is 12.7. The Labute approximate surface area is 200 Å². The second kappa shape index (κ2) is 11.8. The van der Waals surface area contributed by atoms with Gasteiger partial charge < -0.3 is 9.47 Å². The Hall–Kier alpha value is -2.92. The molecule has 4 aromatic rings. The summed E-state index contributed by atoms with van der Waals surface area (Å²) in [5, 5.41) is 0. The van der Waals surface area contributed by atoms with Crippen molar-refractivity contribution in [1.29, 1.82) is 0 Å². The van der Waals surface area contributed by atoms with E-state index in [0.29, 0.717) is 0 Å². The lowest BCUT2D eigenvalue weighted by molar-refractivity contribution is 0.306. The van der Waals surface area contributed by atoms with Crippen LogP contribution >= 0.6 is 11.7 Å². The molecule has 0 saturated carbocycles. The van der Waals surface area contributed by atoms with Gasteiger partial charge in [-0.1, -0.05) is 75.9 Å². The van der Waals surface area contributed by atoms with Crippen LogP contribution in [0.25, 0.3) is 33.3 Å². The van der Waals surface area contributed by atoms with Gasteiger partial charge in [0.25, 0.3) is 0 Å². The first kappa shape index (κ1) is 23.2. The maximum Gasteiger partial charge on any atom is 0.119 e. The van der Waals surface area contributed by atoms with Gasteiger partial charge in [0.15, 0.2) is 0 Å². The lowest BCUT2D eigenvalue weighted by Gasteiger charge is -2.10. The molecule has 0 aliphatic carbocycles. The Morgan fingerprint density at radius 1 is 0.576 bits per heavy atom. The largest absolute Gasteiger partial charge is 0.494 e. The smallest absolute Gasteiger partial charge is 0.119 e. The molecule has 0 spiro atoms. The van der Waals surface area contributed by atoms with E-state index in [1.807, 2.05) is 24.3 Å². The van der Waals surface area contributed by atoms with E-state index in [2.05, 4.69) is 59.0 Å². The molecule has 0 atom stereocenters. The number of nitrogens with zero attached hydrogens (tertiary/aromatic N) is 2. The maximum absolute atomic E-state index is 5.86. The highest BCUT2D eigenvalue weighted by Crippen LogP contribution is 2.35. The van der Waals surface area contributed by atoms with Crippen LogP contribution in [0.5, 0.6) is 11.5 Å². The Morgan fingerprint density at radius 3 is 1.39 bits per heavy atom. The van der Waals surface area contributed by atoms with E-state index < -0.39 is 0 Å². The summed E-state index contributed by atoms with van der Waals surface area (Å²) in [7, 11) is 0. The van der Waals surface area contributed by atoms with Gasteiger partial charge in [0.2, 0.25) is 0 Å². The van der Waals surface area contributed by atoms with Crippen molar-refractivity contribution in [2.45, 2.75) is 52.4 Å². The lowest BCUT2D eigenvalue weighted by Crippen LogP contribution is -1.97. The summed E-state index contributed by atoms with van der Waals surface area (Å²) >= 11 is 1.26. The topological polar surface area (TPSA) is 44.2 Å². The van der Waals surface area contributed by atoms with Crippen molar-refractivity contribution in [3.63, 3.8) is 0 Å². The summed E-state index contributed by atoms with van der Waals surface area (Å²) in [5.74, 6) is 1.83. The molecule has 33 heavy (non-hydrogen) atoms. The zero-order chi connectivity index (χ0) is 22.9. The van der Waals surface area contributed by atoms with Crippen molar-refractivity contribution in [2.75, 3.05) is 13.2 Å². The number of hydrogen-bond donors (Lipinski definition) is 0. The molecular weight excluding hydrogens is 428 g/mol. The minimum atomic E-state index is 0.769. The highest BCUT2D eigenvalue weighted by atomic mass is 32.1. The van der Waals surface area contributed by atoms with Gasteiger partial charge in [0.1, 0.15) is 22.5 Å². The Kier molecular flexibility index (Phi) is 8.31. The maximum atomic E-state index is 5.86. The number of rotatable bonds is 12. The van der Waals surface area contributed by atoms with Crippen molar-refractivity contribution in [2.24, 2.45) is 0 Å². The summed E-state index contributed by atoms with van der Waals surface area (Å²) in [5.41, 5.74) is 6.31. The van der Waals surface area contributed by atoms with Crippen LogP contribution in [-0.4, -0.2) is 22.0 Å². The lowest BCUT2D eigenvalue weighted by atomic mass is 9.98. The zero-order valence-corrected chi connectivity index (χ0v) is 20.4. The van der Waals surface area contributed by atoms with Crippen molar-refractivity contribution in [1.82, 2.24) is 8.75 Å². The third-order valence-corrected chi connectivity index (χ3v) is 6.31. The molecule has 3 aromatic carbocycles. The molecule has 1 heterocycles. The number of unbranched alkanes of at least 4 members (excludes halogenated alkanes) is 4. The van der Waals surface area contributed by atoms with Crippen molar-refractivity contribution < 1.29 is 9.47 Å². The monoisotopic (exact) mass is 460 g/mol. The minimum absolute atomic E-state index is 0.769. The first-order chi connectivity index (χ1) is 16.3. The zero-order valence-electron chi connectivity index (χ0n) is 19.5. The molecule has 4 rings (SSSR count). The predicted molar refractivity (Wildman–Crippen MR) is 138 cm³/mol. The third-order valence-electron chi connectivity index (χ3n) is 5.78. The molecule has 0 bridgehead atoms.